The minimum absolute atomic E-state index is 0.332. The van der Waals surface area contributed by atoms with E-state index >= 15 is 0 Å². The number of carboxylic acid groups (broad SMARTS) is 1. The van der Waals surface area contributed by atoms with E-state index in [-0.39, 0.29) is 11.4 Å². The average Bonchev–Trinajstić information content (AvgIpc) is 2.70. The summed E-state index contributed by atoms with van der Waals surface area (Å²) < 4.78 is 0. The summed E-state index contributed by atoms with van der Waals surface area (Å²) in [5.74, 6) is 0.461. The van der Waals surface area contributed by atoms with Gasteiger partial charge in [0, 0.05) is 5.75 Å². The van der Waals surface area contributed by atoms with Gasteiger partial charge in [0.2, 0.25) is 0 Å². The van der Waals surface area contributed by atoms with Crippen molar-refractivity contribution < 1.29 is 15.0 Å². The number of aliphatic hydroxyl groups is 1. The Morgan fingerprint density at radius 2 is 2.06 bits per heavy atom. The zero-order chi connectivity index (χ0) is 12.0. The molecule has 1 aliphatic carbocycles. The monoisotopic (exact) mass is 246 g/mol. The van der Waals surface area contributed by atoms with Gasteiger partial charge in [-0.15, -0.1) is 11.8 Å². The van der Waals surface area contributed by atoms with E-state index in [1.165, 1.54) is 37.4 Å². The summed E-state index contributed by atoms with van der Waals surface area (Å²) in [6.45, 7) is 1.87. The summed E-state index contributed by atoms with van der Waals surface area (Å²) in [4.78, 5) is 10.8. The summed E-state index contributed by atoms with van der Waals surface area (Å²) in [7, 11) is 0. The average molecular weight is 246 g/mol. The van der Waals surface area contributed by atoms with Gasteiger partial charge in [-0.3, -0.25) is 4.79 Å². The van der Waals surface area contributed by atoms with Crippen molar-refractivity contribution in [2.75, 3.05) is 5.75 Å². The fourth-order valence-corrected chi connectivity index (χ4v) is 3.26. The zero-order valence-electron chi connectivity index (χ0n) is 9.89. The van der Waals surface area contributed by atoms with Gasteiger partial charge in [-0.25, -0.2) is 0 Å². The van der Waals surface area contributed by atoms with Crippen molar-refractivity contribution >= 4 is 17.7 Å². The van der Waals surface area contributed by atoms with Gasteiger partial charge in [0.1, 0.15) is 5.25 Å². The minimum atomic E-state index is -0.763. The second-order valence-corrected chi connectivity index (χ2v) is 5.84. The molecule has 2 N–H and O–H groups in total. The Hall–Kier alpha value is -0.220. The number of carboxylic acids is 1. The molecule has 1 aliphatic rings. The number of hydrogen-bond acceptors (Lipinski definition) is 3. The van der Waals surface area contributed by atoms with Crippen molar-refractivity contribution in [2.45, 2.75) is 56.8 Å². The van der Waals surface area contributed by atoms with Crippen molar-refractivity contribution in [3.8, 4) is 0 Å². The second-order valence-electron chi connectivity index (χ2n) is 4.61. The topological polar surface area (TPSA) is 57.5 Å². The normalized spacial score (nSPS) is 20.9. The van der Waals surface area contributed by atoms with Gasteiger partial charge in [0.05, 0.1) is 6.10 Å². The lowest BCUT2D eigenvalue weighted by Gasteiger charge is -2.16. The number of rotatable bonds is 7. The third-order valence-corrected chi connectivity index (χ3v) is 4.73. The first kappa shape index (κ1) is 13.8. The largest absolute Gasteiger partial charge is 0.480 e. The number of aliphatic hydroxyl groups excluding tert-OH is 1. The summed E-state index contributed by atoms with van der Waals surface area (Å²) in [5, 5.41) is 18.3. The molecule has 0 bridgehead atoms. The van der Waals surface area contributed by atoms with E-state index in [1.807, 2.05) is 6.92 Å². The second kappa shape index (κ2) is 7.17. The fourth-order valence-electron chi connectivity index (χ4n) is 2.29. The van der Waals surface area contributed by atoms with Crippen LogP contribution in [0, 0.1) is 5.92 Å². The number of aliphatic carboxylic acids is 1. The molecular formula is C12H22O3S. The van der Waals surface area contributed by atoms with Crippen LogP contribution in [0.15, 0.2) is 0 Å². The van der Waals surface area contributed by atoms with Gasteiger partial charge >= 0.3 is 5.97 Å². The molecule has 0 spiro atoms. The van der Waals surface area contributed by atoms with Crippen molar-refractivity contribution in [3.63, 3.8) is 0 Å². The summed E-state index contributed by atoms with van der Waals surface area (Å²) in [6.07, 6.45) is 6.19. The van der Waals surface area contributed by atoms with Gasteiger partial charge in [-0.1, -0.05) is 32.6 Å². The van der Waals surface area contributed by atoms with Gasteiger partial charge in [0.25, 0.3) is 0 Å². The first-order valence-corrected chi connectivity index (χ1v) is 7.20. The van der Waals surface area contributed by atoms with Crippen LogP contribution in [0.2, 0.25) is 0 Å². The van der Waals surface area contributed by atoms with Crippen LogP contribution in [0.5, 0.6) is 0 Å². The standard InChI is InChI=1S/C12H22O3S/c1-2-11(12(14)15)16-8-10(13)7-9-5-3-4-6-9/h9-11,13H,2-8H2,1H3,(H,14,15). The van der Waals surface area contributed by atoms with E-state index in [0.717, 1.165) is 6.42 Å². The van der Waals surface area contributed by atoms with Gasteiger partial charge in [-0.2, -0.15) is 0 Å². The maximum atomic E-state index is 10.8. The van der Waals surface area contributed by atoms with E-state index in [4.69, 9.17) is 5.11 Å². The molecule has 16 heavy (non-hydrogen) atoms. The van der Waals surface area contributed by atoms with Gasteiger partial charge in [0.15, 0.2) is 0 Å². The molecule has 0 aliphatic heterocycles. The molecule has 3 nitrogen and oxygen atoms in total. The predicted molar refractivity (Wildman–Crippen MR) is 66.8 cm³/mol. The lowest BCUT2D eigenvalue weighted by molar-refractivity contribution is -0.136. The van der Waals surface area contributed by atoms with Gasteiger partial charge in [-0.05, 0) is 18.8 Å². The molecule has 1 fully saturated rings. The van der Waals surface area contributed by atoms with E-state index in [9.17, 15) is 9.90 Å². The molecule has 1 saturated carbocycles. The minimum Gasteiger partial charge on any atom is -0.480 e. The summed E-state index contributed by atoms with van der Waals surface area (Å²) in [5.41, 5.74) is 0. The third kappa shape index (κ3) is 4.74. The Kier molecular flexibility index (Phi) is 6.21. The maximum Gasteiger partial charge on any atom is 0.316 e. The SMILES string of the molecule is CCC(SCC(O)CC1CCCC1)C(=O)O. The Labute approximate surface area is 102 Å². The Balaban J connectivity index is 2.17. The van der Waals surface area contributed by atoms with Crippen LogP contribution in [0.25, 0.3) is 0 Å². The number of carbonyl (C=O) groups is 1. The smallest absolute Gasteiger partial charge is 0.316 e. The quantitative estimate of drug-likeness (QED) is 0.724. The van der Waals surface area contributed by atoms with Crippen molar-refractivity contribution in [3.05, 3.63) is 0 Å². The van der Waals surface area contributed by atoms with Crippen LogP contribution >= 0.6 is 11.8 Å². The fraction of sp³-hybridized carbons (Fsp3) is 0.917. The molecule has 2 unspecified atom stereocenters. The molecule has 4 heteroatoms. The summed E-state index contributed by atoms with van der Waals surface area (Å²) in [6, 6.07) is 0. The molecule has 1 rings (SSSR count). The van der Waals surface area contributed by atoms with Crippen LogP contribution in [-0.2, 0) is 4.79 Å². The first-order chi connectivity index (χ1) is 7.63. The molecule has 0 aromatic heterocycles. The molecule has 0 aromatic rings. The highest BCUT2D eigenvalue weighted by molar-refractivity contribution is 8.00. The van der Waals surface area contributed by atoms with Crippen LogP contribution in [-0.4, -0.2) is 33.3 Å². The van der Waals surface area contributed by atoms with E-state index in [0.29, 0.717) is 18.1 Å². The highest BCUT2D eigenvalue weighted by Gasteiger charge is 2.21. The van der Waals surface area contributed by atoms with Crippen LogP contribution < -0.4 is 0 Å². The molecule has 0 radical (unpaired) electrons. The van der Waals surface area contributed by atoms with Crippen molar-refractivity contribution in [2.24, 2.45) is 5.92 Å². The highest BCUT2D eigenvalue weighted by Crippen LogP contribution is 2.29. The van der Waals surface area contributed by atoms with E-state index in [2.05, 4.69) is 0 Å². The highest BCUT2D eigenvalue weighted by atomic mass is 32.2. The molecule has 94 valence electrons. The number of thioether (sulfide) groups is 1. The lowest BCUT2D eigenvalue weighted by atomic mass is 10.0. The Morgan fingerprint density at radius 3 is 2.56 bits per heavy atom. The van der Waals surface area contributed by atoms with Crippen molar-refractivity contribution in [1.82, 2.24) is 0 Å². The molecule has 0 amide bonds. The lowest BCUT2D eigenvalue weighted by Crippen LogP contribution is -2.21. The van der Waals surface area contributed by atoms with Crippen molar-refractivity contribution in [1.29, 1.82) is 0 Å². The first-order valence-electron chi connectivity index (χ1n) is 6.16. The van der Waals surface area contributed by atoms with Crippen LogP contribution in [0.3, 0.4) is 0 Å². The predicted octanol–water partition coefficient (Wildman–Crippen LogP) is 2.52. The molecular weight excluding hydrogens is 224 g/mol. The third-order valence-electron chi connectivity index (χ3n) is 3.22. The van der Waals surface area contributed by atoms with E-state index in [1.54, 1.807) is 0 Å². The molecule has 0 saturated heterocycles. The Bertz CT molecular complexity index is 214. The van der Waals surface area contributed by atoms with Gasteiger partial charge < -0.3 is 10.2 Å². The number of hydrogen-bond donors (Lipinski definition) is 2. The Morgan fingerprint density at radius 1 is 1.44 bits per heavy atom. The van der Waals surface area contributed by atoms with E-state index < -0.39 is 5.97 Å². The maximum absolute atomic E-state index is 10.8. The summed E-state index contributed by atoms with van der Waals surface area (Å²) >= 11 is 1.37. The molecule has 0 heterocycles. The van der Waals surface area contributed by atoms with Crippen LogP contribution in [0.4, 0.5) is 0 Å². The molecule has 2 atom stereocenters. The molecule has 0 aromatic carbocycles. The van der Waals surface area contributed by atoms with Crippen LogP contribution in [0.1, 0.15) is 45.4 Å². The zero-order valence-corrected chi connectivity index (χ0v) is 10.7.